The molecule has 0 atom stereocenters. The third-order valence-corrected chi connectivity index (χ3v) is 1.16. The number of nitrogens with one attached hydrogen (secondary N) is 3. The minimum atomic E-state index is -0.555. The number of amides is 2. The zero-order valence-electron chi connectivity index (χ0n) is 7.63. The molecule has 76 valence electrons. The SMILES string of the molecule is CCNC(=NCCNC(N)=O)NN. The molecule has 13 heavy (non-hydrogen) atoms. The van der Waals surface area contributed by atoms with Gasteiger partial charge in [0.25, 0.3) is 0 Å². The number of rotatable bonds is 4. The highest BCUT2D eigenvalue weighted by Crippen LogP contribution is 1.70. The van der Waals surface area contributed by atoms with Gasteiger partial charge in [0.2, 0.25) is 5.96 Å². The fraction of sp³-hybridized carbons (Fsp3) is 0.667. The minimum absolute atomic E-state index is 0.395. The van der Waals surface area contributed by atoms with Gasteiger partial charge in [0, 0.05) is 13.1 Å². The molecule has 0 unspecified atom stereocenters. The standard InChI is InChI=1S/C6H16N6O/c1-2-9-6(12-8)11-4-3-10-5(7)13/h2-4,8H2,1H3,(H3,7,10,13)(H2,9,11,12). The van der Waals surface area contributed by atoms with E-state index in [0.29, 0.717) is 19.0 Å². The van der Waals surface area contributed by atoms with Gasteiger partial charge in [0.1, 0.15) is 0 Å². The number of guanidine groups is 1. The minimum Gasteiger partial charge on any atom is -0.356 e. The van der Waals surface area contributed by atoms with Crippen LogP contribution >= 0.6 is 0 Å². The van der Waals surface area contributed by atoms with Crippen molar-refractivity contribution < 1.29 is 4.79 Å². The van der Waals surface area contributed by atoms with E-state index in [9.17, 15) is 4.79 Å². The van der Waals surface area contributed by atoms with Crippen molar-refractivity contribution in [3.8, 4) is 0 Å². The molecule has 0 heterocycles. The maximum atomic E-state index is 10.2. The molecule has 0 aromatic carbocycles. The van der Waals surface area contributed by atoms with E-state index in [1.165, 1.54) is 0 Å². The van der Waals surface area contributed by atoms with Crippen LogP contribution in [0, 0.1) is 0 Å². The summed E-state index contributed by atoms with van der Waals surface area (Å²) in [5.74, 6) is 5.64. The molecule has 0 radical (unpaired) electrons. The first-order chi connectivity index (χ1) is 6.20. The molecule has 0 aliphatic rings. The average Bonchev–Trinajstić information content (AvgIpc) is 2.10. The number of nitrogens with two attached hydrogens (primary N) is 2. The fourth-order valence-electron chi connectivity index (χ4n) is 0.667. The number of hydrogen-bond donors (Lipinski definition) is 5. The monoisotopic (exact) mass is 188 g/mol. The first-order valence-electron chi connectivity index (χ1n) is 3.99. The number of hydrazine groups is 1. The lowest BCUT2D eigenvalue weighted by atomic mass is 10.6. The summed E-state index contributed by atoms with van der Waals surface area (Å²) in [7, 11) is 0. The summed E-state index contributed by atoms with van der Waals surface area (Å²) >= 11 is 0. The van der Waals surface area contributed by atoms with Gasteiger partial charge in [-0.3, -0.25) is 10.4 Å². The van der Waals surface area contributed by atoms with Crippen molar-refractivity contribution in [2.75, 3.05) is 19.6 Å². The molecule has 0 aromatic rings. The number of urea groups is 1. The summed E-state index contributed by atoms with van der Waals surface area (Å²) in [4.78, 5) is 14.2. The molecule has 7 N–H and O–H groups in total. The van der Waals surface area contributed by atoms with E-state index in [4.69, 9.17) is 11.6 Å². The van der Waals surface area contributed by atoms with E-state index < -0.39 is 6.03 Å². The lowest BCUT2D eigenvalue weighted by Gasteiger charge is -2.06. The van der Waals surface area contributed by atoms with Crippen LogP contribution in [0.1, 0.15) is 6.92 Å². The summed E-state index contributed by atoms with van der Waals surface area (Å²) in [6.07, 6.45) is 0. The number of nitrogens with zero attached hydrogens (tertiary/aromatic N) is 1. The quantitative estimate of drug-likeness (QED) is 0.116. The topological polar surface area (TPSA) is 118 Å². The third kappa shape index (κ3) is 6.88. The number of primary amides is 1. The maximum absolute atomic E-state index is 10.2. The van der Waals surface area contributed by atoms with Crippen molar-refractivity contribution in [2.45, 2.75) is 6.92 Å². The second-order valence-electron chi connectivity index (χ2n) is 2.20. The Labute approximate surface area is 76.9 Å². The van der Waals surface area contributed by atoms with Crippen LogP contribution in [0.2, 0.25) is 0 Å². The van der Waals surface area contributed by atoms with Gasteiger partial charge in [-0.2, -0.15) is 0 Å². The Morgan fingerprint density at radius 2 is 2.15 bits per heavy atom. The van der Waals surface area contributed by atoms with Gasteiger partial charge >= 0.3 is 6.03 Å². The second kappa shape index (κ2) is 7.17. The molecule has 0 aliphatic carbocycles. The normalized spacial score (nSPS) is 10.8. The van der Waals surface area contributed by atoms with Crippen LogP contribution in [-0.2, 0) is 0 Å². The van der Waals surface area contributed by atoms with E-state index in [-0.39, 0.29) is 0 Å². The second-order valence-corrected chi connectivity index (χ2v) is 2.20. The highest BCUT2D eigenvalue weighted by molar-refractivity contribution is 5.79. The number of hydrogen-bond acceptors (Lipinski definition) is 3. The van der Waals surface area contributed by atoms with Crippen molar-refractivity contribution in [2.24, 2.45) is 16.6 Å². The lowest BCUT2D eigenvalue weighted by molar-refractivity contribution is 0.249. The molecule has 0 fully saturated rings. The van der Waals surface area contributed by atoms with Crippen molar-refractivity contribution in [3.05, 3.63) is 0 Å². The summed E-state index contributed by atoms with van der Waals surface area (Å²) < 4.78 is 0. The van der Waals surface area contributed by atoms with Gasteiger partial charge < -0.3 is 16.4 Å². The highest BCUT2D eigenvalue weighted by atomic mass is 16.2. The molecule has 0 spiro atoms. The predicted molar refractivity (Wildman–Crippen MR) is 50.9 cm³/mol. The van der Waals surface area contributed by atoms with Crippen LogP contribution in [0.25, 0.3) is 0 Å². The van der Waals surface area contributed by atoms with E-state index in [0.717, 1.165) is 6.54 Å². The molecule has 0 saturated carbocycles. The van der Waals surface area contributed by atoms with Crippen molar-refractivity contribution in [3.63, 3.8) is 0 Å². The summed E-state index contributed by atoms with van der Waals surface area (Å²) in [5.41, 5.74) is 7.23. The first kappa shape index (κ1) is 11.5. The Bertz CT molecular complexity index is 180. The maximum Gasteiger partial charge on any atom is 0.312 e. The van der Waals surface area contributed by atoms with Gasteiger partial charge in [0.15, 0.2) is 0 Å². The molecule has 0 aromatic heterocycles. The Hall–Kier alpha value is -1.50. The Balaban J connectivity index is 3.60. The predicted octanol–water partition coefficient (Wildman–Crippen LogP) is -1.92. The van der Waals surface area contributed by atoms with Gasteiger partial charge in [0.05, 0.1) is 6.54 Å². The largest absolute Gasteiger partial charge is 0.356 e. The number of carbonyl (C=O) groups is 1. The van der Waals surface area contributed by atoms with Crippen LogP contribution in [0.4, 0.5) is 4.79 Å². The van der Waals surface area contributed by atoms with Crippen molar-refractivity contribution in [1.29, 1.82) is 0 Å². The first-order valence-corrected chi connectivity index (χ1v) is 3.99. The molecule has 0 bridgehead atoms. The molecule has 0 rings (SSSR count). The third-order valence-electron chi connectivity index (χ3n) is 1.16. The van der Waals surface area contributed by atoms with Gasteiger partial charge in [-0.05, 0) is 6.92 Å². The summed E-state index contributed by atoms with van der Waals surface area (Å²) in [6, 6.07) is -0.555. The van der Waals surface area contributed by atoms with Crippen LogP contribution in [0.5, 0.6) is 0 Å². The van der Waals surface area contributed by atoms with Gasteiger partial charge in [-0.25, -0.2) is 10.6 Å². The van der Waals surface area contributed by atoms with Gasteiger partial charge in [-0.15, -0.1) is 0 Å². The van der Waals surface area contributed by atoms with Crippen molar-refractivity contribution >= 4 is 12.0 Å². The molecule has 2 amide bonds. The molecular weight excluding hydrogens is 172 g/mol. The van der Waals surface area contributed by atoms with E-state index in [1.54, 1.807) is 0 Å². The number of carbonyl (C=O) groups excluding carboxylic acids is 1. The smallest absolute Gasteiger partial charge is 0.312 e. The van der Waals surface area contributed by atoms with Crippen LogP contribution in [0.15, 0.2) is 4.99 Å². The van der Waals surface area contributed by atoms with Crippen LogP contribution in [0.3, 0.4) is 0 Å². The zero-order chi connectivity index (χ0) is 10.1. The fourth-order valence-corrected chi connectivity index (χ4v) is 0.667. The Morgan fingerprint density at radius 3 is 2.62 bits per heavy atom. The van der Waals surface area contributed by atoms with Crippen molar-refractivity contribution in [1.82, 2.24) is 16.1 Å². The molecule has 7 nitrogen and oxygen atoms in total. The van der Waals surface area contributed by atoms with Gasteiger partial charge in [-0.1, -0.05) is 0 Å². The lowest BCUT2D eigenvalue weighted by Crippen LogP contribution is -2.42. The molecular formula is C6H16N6O. The molecule has 0 aliphatic heterocycles. The van der Waals surface area contributed by atoms with Crippen LogP contribution in [-0.4, -0.2) is 31.6 Å². The van der Waals surface area contributed by atoms with E-state index in [2.05, 4.69) is 21.1 Å². The van der Waals surface area contributed by atoms with E-state index in [1.807, 2.05) is 6.92 Å². The Kier molecular flexibility index (Phi) is 6.34. The van der Waals surface area contributed by atoms with E-state index >= 15 is 0 Å². The summed E-state index contributed by atoms with van der Waals surface area (Å²) in [6.45, 7) is 3.47. The van der Waals surface area contributed by atoms with Crippen LogP contribution < -0.4 is 27.6 Å². The summed E-state index contributed by atoms with van der Waals surface area (Å²) in [5, 5.41) is 5.29. The molecule has 7 heteroatoms. The Morgan fingerprint density at radius 1 is 1.46 bits per heavy atom. The molecule has 0 saturated heterocycles. The highest BCUT2D eigenvalue weighted by Gasteiger charge is 1.92. The zero-order valence-corrected chi connectivity index (χ0v) is 7.63. The number of aliphatic imine (C=N–C) groups is 1. The average molecular weight is 188 g/mol.